The number of carboxylic acids is 1. The number of carboxylic acid groups (broad SMARTS) is 1. The van der Waals surface area contributed by atoms with Crippen molar-refractivity contribution in [3.8, 4) is 5.75 Å². The predicted octanol–water partition coefficient (Wildman–Crippen LogP) is -1.73. The minimum absolute atomic E-state index is 0.128. The number of carbonyl (C=O) groups excluding carboxylic acids is 2. The summed E-state index contributed by atoms with van der Waals surface area (Å²) in [6, 6.07) is 3.98. The quantitative estimate of drug-likeness (QED) is 0.325. The first-order valence-electron chi connectivity index (χ1n) is 6.66. The van der Waals surface area contributed by atoms with Crippen molar-refractivity contribution in [3.05, 3.63) is 29.3 Å². The van der Waals surface area contributed by atoms with Gasteiger partial charge in [0.05, 0.1) is 12.5 Å². The Hall–Kier alpha value is -2.59. The molecule has 1 atom stereocenters. The molecule has 6 N–H and O–H groups in total. The molecule has 9 nitrogen and oxygen atoms in total. The molecule has 0 heterocycles. The molecule has 0 saturated heterocycles. The highest BCUT2D eigenvalue weighted by Gasteiger charge is 2.27. The number of carbonyl (C=O) groups is 3. The van der Waals surface area contributed by atoms with E-state index in [1.807, 2.05) is 0 Å². The zero-order valence-corrected chi connectivity index (χ0v) is 12.3. The average molecular weight is 324 g/mol. The molecule has 0 aliphatic heterocycles. The van der Waals surface area contributed by atoms with Crippen LogP contribution in [0.15, 0.2) is 18.2 Å². The molecule has 1 aromatic carbocycles. The number of hydrogen-bond donors (Lipinski definition) is 6. The SMILES string of the molecule is CC(=O)NCC(=O)N[C@@H](Cc1cccc(C(=O)O)c1O)B(O)O. The summed E-state index contributed by atoms with van der Waals surface area (Å²) < 4.78 is 0. The molecular formula is C13H17BN2O7. The average Bonchev–Trinajstić information content (AvgIpc) is 2.45. The summed E-state index contributed by atoms with van der Waals surface area (Å²) in [5.74, 6) is -4.12. The summed E-state index contributed by atoms with van der Waals surface area (Å²) in [5, 5.41) is 42.0. The van der Waals surface area contributed by atoms with E-state index in [4.69, 9.17) is 5.11 Å². The third-order valence-corrected chi connectivity index (χ3v) is 2.99. The molecule has 1 aromatic rings. The molecule has 124 valence electrons. The lowest BCUT2D eigenvalue weighted by molar-refractivity contribution is -0.125. The van der Waals surface area contributed by atoms with Gasteiger partial charge in [0.25, 0.3) is 0 Å². The molecule has 0 unspecified atom stereocenters. The van der Waals surface area contributed by atoms with Crippen molar-refractivity contribution in [2.45, 2.75) is 19.3 Å². The van der Waals surface area contributed by atoms with Gasteiger partial charge in [0.2, 0.25) is 11.8 Å². The van der Waals surface area contributed by atoms with Gasteiger partial charge >= 0.3 is 13.1 Å². The Bertz CT molecular complexity index is 606. The molecule has 2 amide bonds. The molecule has 0 aliphatic carbocycles. The van der Waals surface area contributed by atoms with E-state index in [0.717, 1.165) is 0 Å². The molecule has 0 aromatic heterocycles. The Morgan fingerprint density at radius 1 is 1.26 bits per heavy atom. The summed E-state index contributed by atoms with van der Waals surface area (Å²) in [4.78, 5) is 33.3. The second-order valence-corrected chi connectivity index (χ2v) is 4.82. The Morgan fingerprint density at radius 2 is 1.91 bits per heavy atom. The minimum atomic E-state index is -1.94. The fourth-order valence-electron chi connectivity index (χ4n) is 1.86. The maximum atomic E-state index is 11.6. The van der Waals surface area contributed by atoms with Crippen LogP contribution in [0.25, 0.3) is 0 Å². The van der Waals surface area contributed by atoms with Crippen LogP contribution < -0.4 is 10.6 Å². The lowest BCUT2D eigenvalue weighted by atomic mass is 9.75. The van der Waals surface area contributed by atoms with E-state index in [1.165, 1.54) is 25.1 Å². The Balaban J connectivity index is 2.85. The largest absolute Gasteiger partial charge is 0.507 e. The van der Waals surface area contributed by atoms with Crippen molar-refractivity contribution in [2.24, 2.45) is 0 Å². The van der Waals surface area contributed by atoms with Crippen LogP contribution in [0.1, 0.15) is 22.8 Å². The highest BCUT2D eigenvalue weighted by molar-refractivity contribution is 6.43. The van der Waals surface area contributed by atoms with Crippen LogP contribution in [0.3, 0.4) is 0 Å². The Morgan fingerprint density at radius 3 is 2.43 bits per heavy atom. The van der Waals surface area contributed by atoms with Crippen LogP contribution in [-0.4, -0.2) is 57.6 Å². The van der Waals surface area contributed by atoms with Gasteiger partial charge in [-0.15, -0.1) is 0 Å². The molecule has 0 aliphatic rings. The van der Waals surface area contributed by atoms with E-state index in [2.05, 4.69) is 10.6 Å². The third kappa shape index (κ3) is 5.60. The zero-order chi connectivity index (χ0) is 17.6. The van der Waals surface area contributed by atoms with Gasteiger partial charge in [0.15, 0.2) is 0 Å². The van der Waals surface area contributed by atoms with Crippen LogP contribution in [0, 0.1) is 0 Å². The van der Waals surface area contributed by atoms with Gasteiger partial charge in [-0.3, -0.25) is 9.59 Å². The second-order valence-electron chi connectivity index (χ2n) is 4.82. The molecule has 0 bridgehead atoms. The second kappa shape index (κ2) is 8.15. The summed E-state index contributed by atoms with van der Waals surface area (Å²) >= 11 is 0. The van der Waals surface area contributed by atoms with Crippen LogP contribution in [-0.2, 0) is 16.0 Å². The van der Waals surface area contributed by atoms with Crippen LogP contribution >= 0.6 is 0 Å². The molecule has 1 rings (SSSR count). The van der Waals surface area contributed by atoms with Gasteiger partial charge in [-0.05, 0) is 18.1 Å². The van der Waals surface area contributed by atoms with E-state index in [9.17, 15) is 29.5 Å². The summed E-state index contributed by atoms with van der Waals surface area (Å²) in [6.45, 7) is 0.876. The monoisotopic (exact) mass is 324 g/mol. The van der Waals surface area contributed by atoms with Crippen LogP contribution in [0.4, 0.5) is 0 Å². The van der Waals surface area contributed by atoms with Crippen molar-refractivity contribution in [3.63, 3.8) is 0 Å². The molecule has 23 heavy (non-hydrogen) atoms. The summed E-state index contributed by atoms with van der Waals surface area (Å²) in [5.41, 5.74) is -0.207. The smallest absolute Gasteiger partial charge is 0.475 e. The van der Waals surface area contributed by atoms with Crippen LogP contribution in [0.2, 0.25) is 0 Å². The van der Waals surface area contributed by atoms with Gasteiger partial charge < -0.3 is 30.9 Å². The number of phenols is 1. The van der Waals surface area contributed by atoms with E-state index in [1.54, 1.807) is 0 Å². The van der Waals surface area contributed by atoms with Crippen molar-refractivity contribution in [1.29, 1.82) is 0 Å². The van der Waals surface area contributed by atoms with E-state index >= 15 is 0 Å². The number of amides is 2. The van der Waals surface area contributed by atoms with E-state index in [-0.39, 0.29) is 24.1 Å². The normalized spacial score (nSPS) is 11.4. The number of nitrogens with one attached hydrogen (secondary N) is 2. The molecule has 0 fully saturated rings. The molecule has 0 radical (unpaired) electrons. The number of benzene rings is 1. The molecule has 10 heteroatoms. The van der Waals surface area contributed by atoms with Crippen molar-refractivity contribution >= 4 is 24.9 Å². The van der Waals surface area contributed by atoms with Gasteiger partial charge in [0, 0.05) is 6.92 Å². The first-order valence-corrected chi connectivity index (χ1v) is 6.66. The molecule has 0 spiro atoms. The fraction of sp³-hybridized carbons (Fsp3) is 0.308. The number of hydrogen-bond acceptors (Lipinski definition) is 6. The van der Waals surface area contributed by atoms with Gasteiger partial charge in [0.1, 0.15) is 11.3 Å². The van der Waals surface area contributed by atoms with Crippen LogP contribution in [0.5, 0.6) is 5.75 Å². The first kappa shape index (κ1) is 18.5. The molecule has 0 saturated carbocycles. The van der Waals surface area contributed by atoms with Gasteiger partial charge in [-0.25, -0.2) is 4.79 Å². The Labute approximate surface area is 132 Å². The third-order valence-electron chi connectivity index (χ3n) is 2.99. The summed E-state index contributed by atoms with van der Waals surface area (Å²) in [7, 11) is -1.94. The maximum Gasteiger partial charge on any atom is 0.475 e. The zero-order valence-electron chi connectivity index (χ0n) is 12.3. The van der Waals surface area contributed by atoms with Crippen molar-refractivity contribution in [1.82, 2.24) is 10.6 Å². The summed E-state index contributed by atoms with van der Waals surface area (Å²) in [6.07, 6.45) is -0.212. The van der Waals surface area contributed by atoms with Crippen molar-refractivity contribution < 1.29 is 34.6 Å². The van der Waals surface area contributed by atoms with E-state index < -0.39 is 36.6 Å². The molecular weight excluding hydrogens is 307 g/mol. The number of rotatable bonds is 7. The van der Waals surface area contributed by atoms with Crippen molar-refractivity contribution in [2.75, 3.05) is 6.54 Å². The first-order chi connectivity index (χ1) is 10.7. The number of para-hydroxylation sites is 1. The number of aromatic hydroxyl groups is 1. The van der Waals surface area contributed by atoms with Gasteiger partial charge in [-0.2, -0.15) is 0 Å². The topological polar surface area (TPSA) is 156 Å². The number of aromatic carboxylic acids is 1. The fourth-order valence-corrected chi connectivity index (χ4v) is 1.86. The highest BCUT2D eigenvalue weighted by atomic mass is 16.4. The highest BCUT2D eigenvalue weighted by Crippen LogP contribution is 2.23. The predicted molar refractivity (Wildman–Crippen MR) is 79.6 cm³/mol. The van der Waals surface area contributed by atoms with Gasteiger partial charge in [-0.1, -0.05) is 12.1 Å². The lowest BCUT2D eigenvalue weighted by Gasteiger charge is -2.19. The standard InChI is InChI=1S/C13H17BN2O7/c1-7(17)15-6-11(18)16-10(14(22)23)5-8-3-2-4-9(12(8)19)13(20)21/h2-4,10,19,22-23H,5-6H2,1H3,(H,15,17)(H,16,18)(H,20,21)/t10-/m0/s1. The Kier molecular flexibility index (Phi) is 6.55. The van der Waals surface area contributed by atoms with E-state index in [0.29, 0.717) is 0 Å². The minimum Gasteiger partial charge on any atom is -0.507 e. The lowest BCUT2D eigenvalue weighted by Crippen LogP contribution is -2.50. The maximum absolute atomic E-state index is 11.6.